The van der Waals surface area contributed by atoms with E-state index >= 15 is 0 Å². The summed E-state index contributed by atoms with van der Waals surface area (Å²) < 4.78 is 0. The Morgan fingerprint density at radius 3 is 2.67 bits per heavy atom. The number of rotatable bonds is 0. The summed E-state index contributed by atoms with van der Waals surface area (Å²) in [6.45, 7) is 2.43. The van der Waals surface area contributed by atoms with Gasteiger partial charge >= 0.3 is 29.6 Å². The molecule has 0 N–H and O–H groups in total. The number of amides is 1. The van der Waals surface area contributed by atoms with Crippen molar-refractivity contribution in [3.8, 4) is 0 Å². The number of carbonyl (C=O) groups excluding carboxylic acids is 1. The van der Waals surface area contributed by atoms with Crippen LogP contribution in [0, 0.1) is 5.92 Å². The molecule has 2 saturated heterocycles. The molecule has 4 nitrogen and oxygen atoms in total. The van der Waals surface area contributed by atoms with Crippen molar-refractivity contribution in [2.75, 3.05) is 19.6 Å². The Hall–Kier alpha value is 0.230. The fourth-order valence-electron chi connectivity index (χ4n) is 1.92. The molecule has 5 heteroatoms. The molecular formula is C7H11N2NaO2. The number of fused-ring (bicyclic) bond motifs is 2. The summed E-state index contributed by atoms with van der Waals surface area (Å²) >= 11 is 0. The van der Waals surface area contributed by atoms with E-state index in [1.807, 2.05) is 5.01 Å². The first-order valence-corrected chi connectivity index (χ1v) is 4.01. The van der Waals surface area contributed by atoms with Crippen LogP contribution in [0.15, 0.2) is 0 Å². The fraction of sp³-hybridized carbons (Fsp3) is 0.857. The van der Waals surface area contributed by atoms with Crippen LogP contribution in [-0.2, 0) is 0 Å². The molecule has 1 amide bonds. The zero-order valence-corrected chi connectivity index (χ0v) is 9.32. The Kier molecular flexibility index (Phi) is 3.40. The number of hydrogen-bond donors (Lipinski definition) is 0. The molecule has 0 aliphatic carbocycles. The van der Waals surface area contributed by atoms with E-state index in [1.165, 1.54) is 5.01 Å². The Morgan fingerprint density at radius 2 is 2.00 bits per heavy atom. The zero-order valence-electron chi connectivity index (χ0n) is 7.32. The molecule has 12 heavy (non-hydrogen) atoms. The quantitative estimate of drug-likeness (QED) is 0.358. The average Bonchev–Trinajstić information content (AvgIpc) is 2.32. The molecule has 2 bridgehead atoms. The van der Waals surface area contributed by atoms with Crippen LogP contribution in [0.2, 0.25) is 0 Å². The third-order valence-corrected chi connectivity index (χ3v) is 2.57. The number of nitrogens with zero attached hydrogens (tertiary/aromatic N) is 2. The first-order chi connectivity index (χ1) is 5.27. The molecule has 2 fully saturated rings. The summed E-state index contributed by atoms with van der Waals surface area (Å²) in [6.07, 6.45) is 1.10. The number of hydrogen-bond acceptors (Lipinski definition) is 3. The molecule has 2 aliphatic rings. The summed E-state index contributed by atoms with van der Waals surface area (Å²) in [6, 6.07) is 0. The van der Waals surface area contributed by atoms with Crippen molar-refractivity contribution in [3.05, 3.63) is 0 Å². The summed E-state index contributed by atoms with van der Waals surface area (Å²) in [7, 11) is 0. The van der Waals surface area contributed by atoms with Gasteiger partial charge in [-0.25, -0.2) is 5.01 Å². The van der Waals surface area contributed by atoms with Crippen LogP contribution in [0.4, 0.5) is 4.79 Å². The van der Waals surface area contributed by atoms with Crippen LogP contribution in [0.5, 0.6) is 0 Å². The topological polar surface area (TPSA) is 46.6 Å². The van der Waals surface area contributed by atoms with Gasteiger partial charge < -0.3 is 9.90 Å². The summed E-state index contributed by atoms with van der Waals surface area (Å²) in [5.74, 6) is 0.727. The Bertz CT molecular complexity index is 188. The predicted molar refractivity (Wildman–Crippen MR) is 36.4 cm³/mol. The van der Waals surface area contributed by atoms with E-state index in [1.54, 1.807) is 0 Å². The van der Waals surface area contributed by atoms with Gasteiger partial charge in [0.05, 0.1) is 0 Å². The van der Waals surface area contributed by atoms with E-state index < -0.39 is 6.09 Å². The van der Waals surface area contributed by atoms with Crippen molar-refractivity contribution in [2.24, 2.45) is 5.92 Å². The molecular weight excluding hydrogens is 167 g/mol. The second-order valence-corrected chi connectivity index (χ2v) is 3.25. The number of carbonyl (C=O) groups is 1. The van der Waals surface area contributed by atoms with Crippen molar-refractivity contribution >= 4 is 6.09 Å². The molecule has 0 aromatic heterocycles. The molecule has 2 atom stereocenters. The van der Waals surface area contributed by atoms with Crippen molar-refractivity contribution in [3.63, 3.8) is 0 Å². The maximum absolute atomic E-state index is 10.5. The third-order valence-electron chi connectivity index (χ3n) is 2.57. The van der Waals surface area contributed by atoms with Gasteiger partial charge in [-0.3, -0.25) is 5.01 Å². The average molecular weight is 178 g/mol. The summed E-state index contributed by atoms with van der Waals surface area (Å²) in [5.41, 5.74) is 0. The van der Waals surface area contributed by atoms with Crippen LogP contribution in [0.3, 0.4) is 0 Å². The largest absolute Gasteiger partial charge is 1.00 e. The predicted octanol–water partition coefficient (Wildman–Crippen LogP) is -3.72. The van der Waals surface area contributed by atoms with Crippen molar-refractivity contribution in [1.82, 2.24) is 10.0 Å². The van der Waals surface area contributed by atoms with Gasteiger partial charge in [-0.1, -0.05) is 0 Å². The SMILES string of the molecule is O=C([O-])N1CCC2CCN1C2.[Na+]. The first-order valence-electron chi connectivity index (χ1n) is 4.01. The van der Waals surface area contributed by atoms with E-state index in [0.717, 1.165) is 31.8 Å². The monoisotopic (exact) mass is 178 g/mol. The van der Waals surface area contributed by atoms with Crippen molar-refractivity contribution in [2.45, 2.75) is 12.8 Å². The van der Waals surface area contributed by atoms with Crippen molar-refractivity contribution < 1.29 is 39.5 Å². The molecule has 0 aromatic rings. The normalized spacial score (nSPS) is 32.8. The van der Waals surface area contributed by atoms with Crippen LogP contribution >= 0.6 is 0 Å². The van der Waals surface area contributed by atoms with Crippen molar-refractivity contribution in [1.29, 1.82) is 0 Å². The summed E-state index contributed by atoms with van der Waals surface area (Å²) in [4.78, 5) is 10.5. The van der Waals surface area contributed by atoms with Crippen LogP contribution < -0.4 is 34.7 Å². The Labute approximate surface area is 93.8 Å². The maximum Gasteiger partial charge on any atom is 1.00 e. The minimum absolute atomic E-state index is 0. The van der Waals surface area contributed by atoms with E-state index in [9.17, 15) is 9.90 Å². The van der Waals surface area contributed by atoms with Gasteiger partial charge in [0.15, 0.2) is 6.09 Å². The van der Waals surface area contributed by atoms with Gasteiger partial charge in [-0.2, -0.15) is 0 Å². The van der Waals surface area contributed by atoms with Gasteiger partial charge in [0.2, 0.25) is 0 Å². The smallest absolute Gasteiger partial charge is 0.529 e. The second kappa shape index (κ2) is 3.96. The molecule has 0 radical (unpaired) electrons. The van der Waals surface area contributed by atoms with E-state index in [4.69, 9.17) is 0 Å². The molecule has 0 spiro atoms. The van der Waals surface area contributed by atoms with Crippen LogP contribution in [0.1, 0.15) is 12.8 Å². The number of carboxylic acid groups (broad SMARTS) is 1. The van der Waals surface area contributed by atoms with Gasteiger partial charge in [0, 0.05) is 19.6 Å². The van der Waals surface area contributed by atoms with Gasteiger partial charge in [-0.15, -0.1) is 0 Å². The van der Waals surface area contributed by atoms with Gasteiger partial charge in [0.25, 0.3) is 0 Å². The molecule has 62 valence electrons. The minimum atomic E-state index is -1.05. The van der Waals surface area contributed by atoms with Gasteiger partial charge in [-0.05, 0) is 18.8 Å². The summed E-state index contributed by atoms with van der Waals surface area (Å²) in [5, 5.41) is 13.7. The van der Waals surface area contributed by atoms with Crippen LogP contribution in [-0.4, -0.2) is 35.7 Å². The van der Waals surface area contributed by atoms with Crippen LogP contribution in [0.25, 0.3) is 0 Å². The standard InChI is InChI=1S/C7H12N2O2.Na/c10-7(11)9-4-2-6-1-3-8(9)5-6;/h6H,1-5H2,(H,10,11);/q;+1/p-1. The Balaban J connectivity index is 0.000000720. The van der Waals surface area contributed by atoms with E-state index in [2.05, 4.69) is 0 Å². The third kappa shape index (κ3) is 1.76. The molecule has 2 heterocycles. The molecule has 0 aromatic carbocycles. The molecule has 0 saturated carbocycles. The fourth-order valence-corrected chi connectivity index (χ4v) is 1.92. The first kappa shape index (κ1) is 10.3. The Morgan fingerprint density at radius 1 is 1.33 bits per heavy atom. The zero-order chi connectivity index (χ0) is 7.84. The maximum atomic E-state index is 10.5. The second-order valence-electron chi connectivity index (χ2n) is 3.25. The molecule has 2 rings (SSSR count). The number of hydrazine groups is 1. The van der Waals surface area contributed by atoms with E-state index in [0.29, 0.717) is 6.54 Å². The van der Waals surface area contributed by atoms with E-state index in [-0.39, 0.29) is 29.6 Å². The minimum Gasteiger partial charge on any atom is -0.529 e. The molecule has 2 aliphatic heterocycles. The van der Waals surface area contributed by atoms with Gasteiger partial charge in [0.1, 0.15) is 0 Å². The molecule has 2 unspecified atom stereocenters.